The highest BCUT2D eigenvalue weighted by atomic mass is 15.2. The molecule has 3 rings (SSSR count). The molecular weight excluding hydrogens is 236 g/mol. The van der Waals surface area contributed by atoms with Crippen molar-refractivity contribution < 1.29 is 0 Å². The summed E-state index contributed by atoms with van der Waals surface area (Å²) in [5.41, 5.74) is 9.52. The van der Waals surface area contributed by atoms with Crippen molar-refractivity contribution in [2.24, 2.45) is 12.8 Å². The summed E-state index contributed by atoms with van der Waals surface area (Å²) >= 11 is 0. The minimum Gasteiger partial charge on any atom is -0.343 e. The van der Waals surface area contributed by atoms with Gasteiger partial charge in [-0.3, -0.25) is 4.68 Å². The number of fused-ring (bicyclic) bond motifs is 1. The van der Waals surface area contributed by atoms with E-state index in [1.54, 1.807) is 0 Å². The van der Waals surface area contributed by atoms with Crippen molar-refractivity contribution in [1.29, 1.82) is 0 Å². The summed E-state index contributed by atoms with van der Waals surface area (Å²) in [6.07, 6.45) is 7.01. The van der Waals surface area contributed by atoms with Gasteiger partial charge in [-0.2, -0.15) is 5.10 Å². The molecule has 4 heteroatoms. The van der Waals surface area contributed by atoms with Gasteiger partial charge in [-0.25, -0.2) is 0 Å². The maximum absolute atomic E-state index is 5.70. The molecule has 19 heavy (non-hydrogen) atoms. The van der Waals surface area contributed by atoms with Crippen LogP contribution in [0.15, 0.2) is 42.9 Å². The predicted octanol–water partition coefficient (Wildman–Crippen LogP) is 1.92. The molecule has 4 nitrogen and oxygen atoms in total. The van der Waals surface area contributed by atoms with E-state index in [1.165, 1.54) is 22.0 Å². The fourth-order valence-corrected chi connectivity index (χ4v) is 2.58. The number of aryl methyl sites for hydroxylation is 1. The molecule has 0 spiro atoms. The van der Waals surface area contributed by atoms with Crippen LogP contribution in [0.25, 0.3) is 10.9 Å². The van der Waals surface area contributed by atoms with Crippen molar-refractivity contribution >= 4 is 10.9 Å². The average Bonchev–Trinajstić information content (AvgIpc) is 2.98. The van der Waals surface area contributed by atoms with Gasteiger partial charge in [0.25, 0.3) is 0 Å². The van der Waals surface area contributed by atoms with Crippen molar-refractivity contribution in [3.8, 4) is 0 Å². The number of rotatable bonds is 4. The van der Waals surface area contributed by atoms with Gasteiger partial charge in [0, 0.05) is 25.0 Å². The molecule has 2 N–H and O–H groups in total. The number of hydrogen-bond acceptors (Lipinski definition) is 2. The van der Waals surface area contributed by atoms with Gasteiger partial charge in [0.15, 0.2) is 0 Å². The third kappa shape index (κ3) is 2.27. The Bertz CT molecular complexity index is 693. The van der Waals surface area contributed by atoms with E-state index in [0.717, 1.165) is 13.0 Å². The molecule has 2 aromatic heterocycles. The van der Waals surface area contributed by atoms with Crippen LogP contribution in [0, 0.1) is 0 Å². The van der Waals surface area contributed by atoms with Crippen LogP contribution >= 0.6 is 0 Å². The maximum Gasteiger partial charge on any atom is 0.0539 e. The van der Waals surface area contributed by atoms with Crippen LogP contribution in [0.3, 0.4) is 0 Å². The van der Waals surface area contributed by atoms with E-state index in [9.17, 15) is 0 Å². The molecule has 0 aliphatic heterocycles. The Balaban J connectivity index is 2.03. The van der Waals surface area contributed by atoms with E-state index in [2.05, 4.69) is 46.3 Å². The van der Waals surface area contributed by atoms with Crippen LogP contribution in [-0.4, -0.2) is 20.9 Å². The highest BCUT2D eigenvalue weighted by Gasteiger charge is 2.07. The second-order valence-electron chi connectivity index (χ2n) is 4.86. The van der Waals surface area contributed by atoms with Crippen LogP contribution < -0.4 is 5.73 Å². The van der Waals surface area contributed by atoms with Gasteiger partial charge in [0.05, 0.1) is 18.3 Å². The molecule has 0 unspecified atom stereocenters. The molecule has 2 heterocycles. The first-order chi connectivity index (χ1) is 9.28. The lowest BCUT2D eigenvalue weighted by Crippen LogP contribution is -2.05. The van der Waals surface area contributed by atoms with E-state index in [-0.39, 0.29) is 0 Å². The third-order valence-electron chi connectivity index (χ3n) is 3.40. The third-order valence-corrected chi connectivity index (χ3v) is 3.40. The molecule has 0 fully saturated rings. The molecule has 0 saturated heterocycles. The van der Waals surface area contributed by atoms with E-state index >= 15 is 0 Å². The normalized spacial score (nSPS) is 11.3. The van der Waals surface area contributed by atoms with Gasteiger partial charge in [-0.05, 0) is 30.0 Å². The topological polar surface area (TPSA) is 48.8 Å². The predicted molar refractivity (Wildman–Crippen MR) is 77.0 cm³/mol. The summed E-state index contributed by atoms with van der Waals surface area (Å²) in [6, 6.07) is 8.57. The Morgan fingerprint density at radius 1 is 1.26 bits per heavy atom. The zero-order valence-electron chi connectivity index (χ0n) is 11.1. The van der Waals surface area contributed by atoms with E-state index < -0.39 is 0 Å². The number of nitrogens with two attached hydrogens (primary N) is 1. The fraction of sp³-hybridized carbons (Fsp3) is 0.267. The molecule has 0 aliphatic carbocycles. The van der Waals surface area contributed by atoms with Crippen molar-refractivity contribution in [2.75, 3.05) is 6.54 Å². The molecular formula is C15H18N4. The lowest BCUT2D eigenvalue weighted by atomic mass is 10.1. The summed E-state index contributed by atoms with van der Waals surface area (Å²) in [6.45, 7) is 1.52. The van der Waals surface area contributed by atoms with Crippen molar-refractivity contribution in [2.45, 2.75) is 13.0 Å². The average molecular weight is 254 g/mol. The van der Waals surface area contributed by atoms with E-state index in [4.69, 9.17) is 5.73 Å². The fourth-order valence-electron chi connectivity index (χ4n) is 2.58. The van der Waals surface area contributed by atoms with Gasteiger partial charge in [-0.15, -0.1) is 0 Å². The second-order valence-corrected chi connectivity index (χ2v) is 4.86. The Kier molecular flexibility index (Phi) is 3.09. The number of para-hydroxylation sites is 1. The minimum atomic E-state index is 0.678. The molecule has 0 saturated carbocycles. The SMILES string of the molecule is Cn1cc(Cn2ccc3cccc(CCN)c32)cn1. The summed E-state index contributed by atoms with van der Waals surface area (Å²) in [5.74, 6) is 0. The van der Waals surface area contributed by atoms with Gasteiger partial charge in [0.2, 0.25) is 0 Å². The molecule has 0 bridgehead atoms. The quantitative estimate of drug-likeness (QED) is 0.773. The molecule has 0 amide bonds. The van der Waals surface area contributed by atoms with Crippen LogP contribution in [0.5, 0.6) is 0 Å². The lowest BCUT2D eigenvalue weighted by Gasteiger charge is -2.08. The van der Waals surface area contributed by atoms with Gasteiger partial charge < -0.3 is 10.3 Å². The van der Waals surface area contributed by atoms with Crippen LogP contribution in [-0.2, 0) is 20.0 Å². The minimum absolute atomic E-state index is 0.678. The monoisotopic (exact) mass is 254 g/mol. The largest absolute Gasteiger partial charge is 0.343 e. The smallest absolute Gasteiger partial charge is 0.0539 e. The Morgan fingerprint density at radius 3 is 2.89 bits per heavy atom. The standard InChI is InChI=1S/C15H18N4/c1-18-10-12(9-17-18)11-19-8-6-14-4-2-3-13(5-7-16)15(14)19/h2-4,6,8-10H,5,7,11,16H2,1H3. The summed E-state index contributed by atoms with van der Waals surface area (Å²) in [5, 5.41) is 5.49. The van der Waals surface area contributed by atoms with Crippen molar-refractivity contribution in [3.63, 3.8) is 0 Å². The highest BCUT2D eigenvalue weighted by molar-refractivity contribution is 5.83. The first-order valence-electron chi connectivity index (χ1n) is 6.52. The molecule has 98 valence electrons. The van der Waals surface area contributed by atoms with E-state index in [1.807, 2.05) is 17.9 Å². The summed E-state index contributed by atoms with van der Waals surface area (Å²) in [4.78, 5) is 0. The molecule has 0 radical (unpaired) electrons. The van der Waals surface area contributed by atoms with Gasteiger partial charge >= 0.3 is 0 Å². The second kappa shape index (κ2) is 4.90. The lowest BCUT2D eigenvalue weighted by molar-refractivity contribution is 0.764. The number of aromatic nitrogens is 3. The van der Waals surface area contributed by atoms with Crippen LogP contribution in [0.1, 0.15) is 11.1 Å². The zero-order chi connectivity index (χ0) is 13.2. The first-order valence-corrected chi connectivity index (χ1v) is 6.52. The van der Waals surface area contributed by atoms with Gasteiger partial charge in [0.1, 0.15) is 0 Å². The highest BCUT2D eigenvalue weighted by Crippen LogP contribution is 2.21. The Morgan fingerprint density at radius 2 is 2.16 bits per heavy atom. The molecule has 1 aromatic carbocycles. The summed E-state index contributed by atoms with van der Waals surface area (Å²) in [7, 11) is 1.94. The van der Waals surface area contributed by atoms with E-state index in [0.29, 0.717) is 6.54 Å². The van der Waals surface area contributed by atoms with Crippen molar-refractivity contribution in [1.82, 2.24) is 14.3 Å². The Labute approximate surface area is 112 Å². The first kappa shape index (κ1) is 12.0. The van der Waals surface area contributed by atoms with Gasteiger partial charge in [-0.1, -0.05) is 18.2 Å². The number of nitrogens with zero attached hydrogens (tertiary/aromatic N) is 3. The summed E-state index contributed by atoms with van der Waals surface area (Å²) < 4.78 is 4.11. The van der Waals surface area contributed by atoms with Crippen LogP contribution in [0.4, 0.5) is 0 Å². The van der Waals surface area contributed by atoms with Crippen molar-refractivity contribution in [3.05, 3.63) is 54.0 Å². The number of hydrogen-bond donors (Lipinski definition) is 1. The van der Waals surface area contributed by atoms with Crippen LogP contribution in [0.2, 0.25) is 0 Å². The molecule has 3 aromatic rings. The Hall–Kier alpha value is -2.07. The zero-order valence-corrected chi connectivity index (χ0v) is 11.1. The molecule has 0 aliphatic rings. The molecule has 0 atom stereocenters. The maximum atomic E-state index is 5.70. The number of benzene rings is 1.